The molecule has 3 aromatic rings. The third-order valence-electron chi connectivity index (χ3n) is 8.34. The van der Waals surface area contributed by atoms with E-state index < -0.39 is 23.8 Å². The van der Waals surface area contributed by atoms with E-state index in [4.69, 9.17) is 5.73 Å². The number of anilines is 2. The molecule has 3 amide bonds. The second-order valence-electron chi connectivity index (χ2n) is 11.1. The highest BCUT2D eigenvalue weighted by Gasteiger charge is 2.45. The predicted molar refractivity (Wildman–Crippen MR) is 159 cm³/mol. The van der Waals surface area contributed by atoms with Gasteiger partial charge in [-0.3, -0.25) is 33.8 Å². The van der Waals surface area contributed by atoms with E-state index in [1.54, 1.807) is 24.3 Å². The number of nitrogens with two attached hydrogens (primary N) is 1. The Balaban J connectivity index is 1.04. The minimum absolute atomic E-state index is 0.156. The number of rotatable bonds is 8. The van der Waals surface area contributed by atoms with Crippen LogP contribution in [0.25, 0.3) is 0 Å². The number of imide groups is 1. The van der Waals surface area contributed by atoms with E-state index in [2.05, 4.69) is 32.2 Å². The van der Waals surface area contributed by atoms with Crippen LogP contribution < -0.4 is 16.0 Å². The maximum absolute atomic E-state index is 13.3. The van der Waals surface area contributed by atoms with Crippen LogP contribution in [0.5, 0.6) is 0 Å². The van der Waals surface area contributed by atoms with Crippen LogP contribution in [0.3, 0.4) is 0 Å². The first-order chi connectivity index (χ1) is 20.8. The van der Waals surface area contributed by atoms with Crippen LogP contribution in [0.15, 0.2) is 60.8 Å². The fourth-order valence-electron chi connectivity index (χ4n) is 5.94. The highest BCUT2D eigenvalue weighted by atomic mass is 16.2. The van der Waals surface area contributed by atoms with Gasteiger partial charge in [-0.15, -0.1) is 0 Å². The summed E-state index contributed by atoms with van der Waals surface area (Å²) < 4.78 is 0. The Labute approximate surface area is 248 Å². The van der Waals surface area contributed by atoms with E-state index in [0.29, 0.717) is 17.8 Å². The Hall–Kier alpha value is -4.90. The number of piperazine rings is 1. The number of aromatic nitrogens is 1. The summed E-state index contributed by atoms with van der Waals surface area (Å²) in [4.78, 5) is 71.9. The van der Waals surface area contributed by atoms with E-state index in [9.17, 15) is 24.0 Å². The third-order valence-corrected chi connectivity index (χ3v) is 8.34. The van der Waals surface area contributed by atoms with Gasteiger partial charge in [0, 0.05) is 57.6 Å². The van der Waals surface area contributed by atoms with Crippen LogP contribution in [0.4, 0.5) is 11.5 Å². The maximum atomic E-state index is 13.3. The molecule has 3 aliphatic rings. The lowest BCUT2D eigenvalue weighted by Crippen LogP contribution is -2.47. The molecule has 1 saturated heterocycles. The molecule has 2 aromatic carbocycles. The number of nitrogens with one attached hydrogen (secondary N) is 1. The topological polar surface area (TPSA) is 146 Å². The van der Waals surface area contributed by atoms with Gasteiger partial charge in [-0.05, 0) is 41.8 Å². The number of benzene rings is 2. The molecular formula is C32H32N6O5. The largest absolute Gasteiger partial charge is 0.380 e. The summed E-state index contributed by atoms with van der Waals surface area (Å²) in [5.74, 6) is -1.17. The Morgan fingerprint density at radius 3 is 2.33 bits per heavy atom. The molecule has 1 aromatic heterocycles. The summed E-state index contributed by atoms with van der Waals surface area (Å²) in [6.45, 7) is 4.70. The van der Waals surface area contributed by atoms with Crippen molar-refractivity contribution in [1.29, 1.82) is 0 Å². The van der Waals surface area contributed by atoms with E-state index in [-0.39, 0.29) is 42.0 Å². The number of primary amides is 1. The van der Waals surface area contributed by atoms with E-state index >= 15 is 0 Å². The van der Waals surface area contributed by atoms with Gasteiger partial charge in [0.1, 0.15) is 11.6 Å². The number of carbonyl (C=O) groups excluding carboxylic acids is 5. The summed E-state index contributed by atoms with van der Waals surface area (Å²) in [7, 11) is 0. The molecule has 11 nitrogen and oxygen atoms in total. The molecule has 43 heavy (non-hydrogen) atoms. The van der Waals surface area contributed by atoms with Gasteiger partial charge in [0.05, 0.1) is 29.2 Å². The number of hydrogen-bond acceptors (Lipinski definition) is 9. The van der Waals surface area contributed by atoms with E-state index in [0.717, 1.165) is 49.0 Å². The van der Waals surface area contributed by atoms with Crippen molar-refractivity contribution < 1.29 is 24.0 Å². The molecule has 0 radical (unpaired) electrons. The van der Waals surface area contributed by atoms with Crippen molar-refractivity contribution in [3.8, 4) is 0 Å². The molecule has 2 aliphatic heterocycles. The highest BCUT2D eigenvalue weighted by molar-refractivity contribution is 6.25. The van der Waals surface area contributed by atoms with Gasteiger partial charge in [-0.25, -0.2) is 4.98 Å². The molecule has 3 N–H and O–H groups in total. The van der Waals surface area contributed by atoms with Crippen molar-refractivity contribution in [2.24, 2.45) is 5.73 Å². The second kappa shape index (κ2) is 11.8. The number of carbonyl (C=O) groups is 5. The summed E-state index contributed by atoms with van der Waals surface area (Å²) >= 11 is 0. The monoisotopic (exact) mass is 580 g/mol. The lowest BCUT2D eigenvalue weighted by molar-refractivity contribution is -0.132. The van der Waals surface area contributed by atoms with E-state index in [1.165, 1.54) is 11.8 Å². The van der Waals surface area contributed by atoms with Gasteiger partial charge in [-0.1, -0.05) is 30.3 Å². The van der Waals surface area contributed by atoms with Crippen LogP contribution in [0.1, 0.15) is 61.5 Å². The quantitative estimate of drug-likeness (QED) is 0.303. The molecule has 1 aliphatic carbocycles. The number of amides is 3. The highest BCUT2D eigenvalue weighted by Crippen LogP contribution is 2.33. The Kier molecular flexibility index (Phi) is 7.73. The molecule has 3 heterocycles. The number of pyridine rings is 1. The third kappa shape index (κ3) is 5.76. The lowest BCUT2D eigenvalue weighted by atomic mass is 9.92. The second-order valence-corrected chi connectivity index (χ2v) is 11.1. The first kappa shape index (κ1) is 28.2. The van der Waals surface area contributed by atoms with Crippen LogP contribution in [0.2, 0.25) is 0 Å². The average Bonchev–Trinajstić information content (AvgIpc) is 3.27. The lowest BCUT2D eigenvalue weighted by Gasteiger charge is -2.35. The number of ketones is 2. The van der Waals surface area contributed by atoms with Gasteiger partial charge in [0.15, 0.2) is 5.78 Å². The number of nitrogens with zero attached hydrogens (tertiary/aromatic N) is 4. The van der Waals surface area contributed by atoms with Gasteiger partial charge >= 0.3 is 0 Å². The molecule has 0 bridgehead atoms. The van der Waals surface area contributed by atoms with Crippen molar-refractivity contribution in [2.75, 3.05) is 36.4 Å². The van der Waals surface area contributed by atoms with Crippen molar-refractivity contribution in [3.63, 3.8) is 0 Å². The van der Waals surface area contributed by atoms with Crippen LogP contribution in [-0.2, 0) is 22.7 Å². The maximum Gasteiger partial charge on any atom is 0.264 e. The average molecular weight is 581 g/mol. The molecule has 0 unspecified atom stereocenters. The standard InChI is InChI=1S/C32H32N6O5/c33-30(41)22-8-11-28(35-18-22)37-14-12-36(13-15-37)19-21-6-4-20(5-7-21)17-34-25-3-1-2-24-29(25)32(43)38(31(24)42)26-10-9-23(39)16-27(26)40/h1-8,11,18,26,34H,9-10,12-17,19H2,(H2,33,41)/t26-/m1/s1. The van der Waals surface area contributed by atoms with E-state index in [1.807, 2.05) is 18.2 Å². The number of Topliss-reactive ketones (excluding diaryl/α,β-unsaturated/α-hetero) is 2. The summed E-state index contributed by atoms with van der Waals surface area (Å²) in [5, 5.41) is 3.30. The normalized spacial score (nSPS) is 19.1. The van der Waals surface area contributed by atoms with Gasteiger partial charge < -0.3 is 16.0 Å². The van der Waals surface area contributed by atoms with Crippen molar-refractivity contribution in [1.82, 2.24) is 14.8 Å². The SMILES string of the molecule is NC(=O)c1ccc(N2CCN(Cc3ccc(CNc4cccc5c4C(=O)N([C@@H]4CCC(=O)CC4=O)C5=O)cc3)CC2)nc1. The van der Waals surface area contributed by atoms with Gasteiger partial charge in [0.25, 0.3) is 11.8 Å². The molecule has 0 spiro atoms. The van der Waals surface area contributed by atoms with Gasteiger partial charge in [0.2, 0.25) is 5.91 Å². The molecule has 1 atom stereocenters. The number of fused-ring (bicyclic) bond motifs is 1. The molecule has 220 valence electrons. The molecule has 1 saturated carbocycles. The van der Waals surface area contributed by atoms with Crippen LogP contribution >= 0.6 is 0 Å². The zero-order valence-corrected chi connectivity index (χ0v) is 23.6. The summed E-state index contributed by atoms with van der Waals surface area (Å²) in [5.41, 5.74) is 9.00. The molecule has 11 heteroatoms. The Morgan fingerprint density at radius 2 is 1.65 bits per heavy atom. The van der Waals surface area contributed by atoms with Crippen molar-refractivity contribution in [3.05, 3.63) is 88.6 Å². The zero-order valence-electron chi connectivity index (χ0n) is 23.6. The molecule has 2 fully saturated rings. The Bertz CT molecular complexity index is 1600. The van der Waals surface area contributed by atoms with Crippen molar-refractivity contribution in [2.45, 2.75) is 38.4 Å². The smallest absolute Gasteiger partial charge is 0.264 e. The molecular weight excluding hydrogens is 548 g/mol. The first-order valence-corrected chi connectivity index (χ1v) is 14.4. The zero-order chi connectivity index (χ0) is 30.1. The summed E-state index contributed by atoms with van der Waals surface area (Å²) in [6.07, 6.45) is 1.65. The van der Waals surface area contributed by atoms with Crippen LogP contribution in [-0.4, -0.2) is 76.3 Å². The first-order valence-electron chi connectivity index (χ1n) is 14.4. The fourth-order valence-corrected chi connectivity index (χ4v) is 5.94. The van der Waals surface area contributed by atoms with Crippen LogP contribution in [0, 0.1) is 0 Å². The number of hydrogen-bond donors (Lipinski definition) is 2. The Morgan fingerprint density at radius 1 is 0.907 bits per heavy atom. The molecule has 6 rings (SSSR count). The van der Waals surface area contributed by atoms with Crippen molar-refractivity contribution >= 4 is 40.8 Å². The summed E-state index contributed by atoms with van der Waals surface area (Å²) in [6, 6.07) is 16.0. The minimum Gasteiger partial charge on any atom is -0.380 e. The minimum atomic E-state index is -0.889. The van der Waals surface area contributed by atoms with Gasteiger partial charge in [-0.2, -0.15) is 0 Å². The fraction of sp³-hybridized carbons (Fsp3) is 0.312. The predicted octanol–water partition coefficient (Wildman–Crippen LogP) is 2.40.